The maximum absolute atomic E-state index is 11.6. The van der Waals surface area contributed by atoms with Crippen molar-refractivity contribution in [2.24, 2.45) is 0 Å². The molecule has 2 saturated heterocycles. The van der Waals surface area contributed by atoms with Crippen molar-refractivity contribution >= 4 is 11.9 Å². The van der Waals surface area contributed by atoms with Gasteiger partial charge in [-0.05, 0) is 11.1 Å². The number of ether oxygens (including phenoxy) is 1. The number of nitrogens with zero attached hydrogens (tertiary/aromatic N) is 1. The van der Waals surface area contributed by atoms with Crippen molar-refractivity contribution in [1.29, 1.82) is 0 Å². The van der Waals surface area contributed by atoms with E-state index in [0.29, 0.717) is 6.54 Å². The lowest BCUT2D eigenvalue weighted by Crippen LogP contribution is -2.72. The number of hydrogen-bond donors (Lipinski definition) is 0. The predicted octanol–water partition coefficient (Wildman–Crippen LogP) is 1.63. The van der Waals surface area contributed by atoms with E-state index in [1.807, 2.05) is 60.7 Å². The number of carbonyl (C=O) groups excluding carboxylic acids is 2. The quantitative estimate of drug-likeness (QED) is 0.622. The molecule has 22 heavy (non-hydrogen) atoms. The lowest BCUT2D eigenvalue weighted by molar-refractivity contribution is -0.325. The summed E-state index contributed by atoms with van der Waals surface area (Å²) in [6.07, 6.45) is -0.637. The van der Waals surface area contributed by atoms with Gasteiger partial charge in [-0.2, -0.15) is 0 Å². The average Bonchev–Trinajstić information content (AvgIpc) is 2.56. The Labute approximate surface area is 127 Å². The van der Waals surface area contributed by atoms with E-state index < -0.39 is 23.6 Å². The molecular formula is C17H13NO4. The van der Waals surface area contributed by atoms with Gasteiger partial charge in [0.2, 0.25) is 6.23 Å². The van der Waals surface area contributed by atoms with Crippen molar-refractivity contribution in [2.75, 3.05) is 6.54 Å². The summed E-state index contributed by atoms with van der Waals surface area (Å²) in [5, 5.41) is 1.42. The van der Waals surface area contributed by atoms with E-state index in [0.717, 1.165) is 11.1 Å². The molecule has 2 fully saturated rings. The zero-order valence-corrected chi connectivity index (χ0v) is 11.6. The summed E-state index contributed by atoms with van der Waals surface area (Å²) in [6.45, 7) is 0.449. The van der Waals surface area contributed by atoms with Crippen LogP contribution in [0.2, 0.25) is 0 Å². The van der Waals surface area contributed by atoms with E-state index in [9.17, 15) is 9.59 Å². The van der Waals surface area contributed by atoms with Gasteiger partial charge in [0.25, 0.3) is 0 Å². The number of rotatable bonds is 2. The third-order valence-electron chi connectivity index (χ3n) is 4.25. The van der Waals surface area contributed by atoms with Crippen LogP contribution in [0.5, 0.6) is 0 Å². The van der Waals surface area contributed by atoms with Crippen LogP contribution in [0.15, 0.2) is 60.7 Å². The molecule has 2 aliphatic heterocycles. The fraction of sp³-hybridized carbons (Fsp3) is 0.176. The fourth-order valence-corrected chi connectivity index (χ4v) is 3.18. The fourth-order valence-electron chi connectivity index (χ4n) is 3.18. The highest BCUT2D eigenvalue weighted by Crippen LogP contribution is 2.48. The van der Waals surface area contributed by atoms with Gasteiger partial charge in [0.15, 0.2) is 0 Å². The zero-order chi connectivity index (χ0) is 15.2. The molecule has 2 heterocycles. The summed E-state index contributed by atoms with van der Waals surface area (Å²) in [5.41, 5.74) is 1.51. The number of fused-ring (bicyclic) bond motifs is 1. The first-order valence-corrected chi connectivity index (χ1v) is 7.02. The second-order valence-electron chi connectivity index (χ2n) is 5.42. The van der Waals surface area contributed by atoms with Crippen LogP contribution in [-0.2, 0) is 24.6 Å². The van der Waals surface area contributed by atoms with Gasteiger partial charge in [-0.1, -0.05) is 65.7 Å². The number of hydrogen-bond acceptors (Lipinski definition) is 5. The van der Waals surface area contributed by atoms with Crippen molar-refractivity contribution in [3.8, 4) is 0 Å². The Balaban J connectivity index is 1.82. The van der Waals surface area contributed by atoms with Crippen LogP contribution < -0.4 is 0 Å². The van der Waals surface area contributed by atoms with Crippen LogP contribution in [0.1, 0.15) is 11.1 Å². The third kappa shape index (κ3) is 1.69. The first-order valence-electron chi connectivity index (χ1n) is 7.02. The van der Waals surface area contributed by atoms with Gasteiger partial charge >= 0.3 is 11.9 Å². The molecule has 1 atom stereocenters. The predicted molar refractivity (Wildman–Crippen MR) is 76.3 cm³/mol. The Morgan fingerprint density at radius 2 is 1.41 bits per heavy atom. The van der Waals surface area contributed by atoms with Gasteiger partial charge in [0.1, 0.15) is 0 Å². The molecule has 4 rings (SSSR count). The minimum atomic E-state index is -0.967. The largest absolute Gasteiger partial charge is 0.436 e. The van der Waals surface area contributed by atoms with E-state index in [1.54, 1.807) is 0 Å². The number of hydroxylamine groups is 2. The highest BCUT2D eigenvalue weighted by molar-refractivity contribution is 6.30. The SMILES string of the molecule is O=C1OC2N(CC2(c2ccccc2)c2ccccc2)OC1=O. The Kier molecular flexibility index (Phi) is 2.77. The summed E-state index contributed by atoms with van der Waals surface area (Å²) >= 11 is 0. The Hall–Kier alpha value is -2.66. The van der Waals surface area contributed by atoms with Crippen LogP contribution in [0, 0.1) is 0 Å². The molecule has 0 N–H and O–H groups in total. The Bertz CT molecular complexity index is 689. The summed E-state index contributed by atoms with van der Waals surface area (Å²) in [6, 6.07) is 19.6. The molecule has 0 aliphatic carbocycles. The zero-order valence-electron chi connectivity index (χ0n) is 11.6. The normalized spacial score (nSPS) is 23.0. The van der Waals surface area contributed by atoms with Crippen molar-refractivity contribution in [2.45, 2.75) is 11.6 Å². The van der Waals surface area contributed by atoms with Gasteiger partial charge < -0.3 is 9.57 Å². The van der Waals surface area contributed by atoms with Crippen molar-refractivity contribution < 1.29 is 19.2 Å². The van der Waals surface area contributed by atoms with E-state index in [2.05, 4.69) is 0 Å². The minimum Gasteiger partial charge on any atom is -0.433 e. The smallest absolute Gasteiger partial charge is 0.433 e. The first-order chi connectivity index (χ1) is 10.7. The first kappa shape index (κ1) is 13.0. The molecule has 110 valence electrons. The second kappa shape index (κ2) is 4.68. The van der Waals surface area contributed by atoms with Crippen LogP contribution in [-0.4, -0.2) is 29.8 Å². The molecule has 0 bridgehead atoms. The summed E-state index contributed by atoms with van der Waals surface area (Å²) in [4.78, 5) is 28.0. The lowest BCUT2D eigenvalue weighted by atomic mass is 9.67. The van der Waals surface area contributed by atoms with Crippen LogP contribution in [0.25, 0.3) is 0 Å². The van der Waals surface area contributed by atoms with Gasteiger partial charge in [0.05, 0.1) is 12.0 Å². The van der Waals surface area contributed by atoms with Crippen LogP contribution in [0.3, 0.4) is 0 Å². The maximum Gasteiger partial charge on any atom is 0.436 e. The molecule has 2 aliphatic rings. The van der Waals surface area contributed by atoms with E-state index in [1.165, 1.54) is 5.06 Å². The molecule has 0 spiro atoms. The van der Waals surface area contributed by atoms with Crippen molar-refractivity contribution in [1.82, 2.24) is 5.06 Å². The van der Waals surface area contributed by atoms with Crippen molar-refractivity contribution in [3.05, 3.63) is 71.8 Å². The monoisotopic (exact) mass is 295 g/mol. The third-order valence-corrected chi connectivity index (χ3v) is 4.25. The maximum atomic E-state index is 11.6. The molecule has 0 aromatic heterocycles. The highest BCUT2D eigenvalue weighted by atomic mass is 16.8. The average molecular weight is 295 g/mol. The van der Waals surface area contributed by atoms with Gasteiger partial charge in [-0.3, -0.25) is 0 Å². The van der Waals surface area contributed by atoms with Gasteiger partial charge in [0, 0.05) is 0 Å². The molecule has 5 heteroatoms. The van der Waals surface area contributed by atoms with E-state index >= 15 is 0 Å². The number of esters is 1. The minimum absolute atomic E-state index is 0.449. The summed E-state index contributed by atoms with van der Waals surface area (Å²) in [7, 11) is 0. The standard InChI is InChI=1S/C17H13NO4/c19-14-15(20)22-18-11-17(16(18)21-14,12-7-3-1-4-8-12)13-9-5-2-6-10-13/h1-10,16H,11H2. The molecule has 0 radical (unpaired) electrons. The van der Waals surface area contributed by atoms with Gasteiger partial charge in [-0.15, -0.1) is 0 Å². The second-order valence-corrected chi connectivity index (χ2v) is 5.42. The molecular weight excluding hydrogens is 282 g/mol. The summed E-state index contributed by atoms with van der Waals surface area (Å²) < 4.78 is 5.33. The van der Waals surface area contributed by atoms with Gasteiger partial charge in [-0.25, -0.2) is 9.59 Å². The molecule has 5 nitrogen and oxygen atoms in total. The molecule has 2 aromatic carbocycles. The van der Waals surface area contributed by atoms with Crippen LogP contribution >= 0.6 is 0 Å². The lowest BCUT2D eigenvalue weighted by Gasteiger charge is -2.55. The van der Waals surface area contributed by atoms with E-state index in [4.69, 9.17) is 9.57 Å². The van der Waals surface area contributed by atoms with Crippen LogP contribution in [0.4, 0.5) is 0 Å². The number of benzene rings is 2. The summed E-state index contributed by atoms with van der Waals surface area (Å²) in [5.74, 6) is -1.91. The number of carbonyl (C=O) groups is 2. The molecule has 1 unspecified atom stereocenters. The molecule has 0 amide bonds. The molecule has 2 aromatic rings. The Morgan fingerprint density at radius 1 is 0.864 bits per heavy atom. The molecule has 0 saturated carbocycles. The topological polar surface area (TPSA) is 55.8 Å². The van der Waals surface area contributed by atoms with Crippen molar-refractivity contribution in [3.63, 3.8) is 0 Å². The Morgan fingerprint density at radius 3 is 1.95 bits per heavy atom. The van der Waals surface area contributed by atoms with E-state index in [-0.39, 0.29) is 0 Å². The highest BCUT2D eigenvalue weighted by Gasteiger charge is 2.62.